The van der Waals surface area contributed by atoms with Crippen LogP contribution < -0.4 is 9.64 Å². The second-order valence-electron chi connectivity index (χ2n) is 15.9. The topological polar surface area (TPSA) is 83.5 Å². The normalized spacial score (nSPS) is 28.6. The number of ether oxygens (including phenoxy) is 3. The summed E-state index contributed by atoms with van der Waals surface area (Å²) in [5.41, 5.74) is 2.40. The molecule has 0 spiro atoms. The minimum Gasteiger partial charge on any atom is -0.461 e. The molecule has 0 N–H and O–H groups in total. The molecule has 5 saturated heterocycles. The number of aromatic nitrogens is 2. The van der Waals surface area contributed by atoms with Gasteiger partial charge in [0.05, 0.1) is 47.7 Å². The van der Waals surface area contributed by atoms with Crippen molar-refractivity contribution >= 4 is 22.5 Å². The summed E-state index contributed by atoms with van der Waals surface area (Å²) in [5, 5.41) is 1.52. The molecule has 1 aromatic heterocycles. The Kier molecular flexibility index (Phi) is 9.54. The largest absolute Gasteiger partial charge is 0.461 e. The number of halogens is 2. The van der Waals surface area contributed by atoms with Gasteiger partial charge in [-0.15, -0.1) is 6.42 Å². The maximum Gasteiger partial charge on any atom is 0.318 e. The molecule has 7 heterocycles. The molecule has 1 amide bonds. The fourth-order valence-electron chi connectivity index (χ4n) is 10.0. The number of likely N-dealkylation sites (tertiary alicyclic amines) is 2. The van der Waals surface area contributed by atoms with Crippen LogP contribution in [-0.4, -0.2) is 120 Å². The molecule has 54 heavy (non-hydrogen) atoms. The first kappa shape index (κ1) is 35.5. The van der Waals surface area contributed by atoms with Crippen molar-refractivity contribution in [3.63, 3.8) is 0 Å². The van der Waals surface area contributed by atoms with Crippen LogP contribution in [0.4, 0.5) is 14.6 Å². The van der Waals surface area contributed by atoms with Crippen LogP contribution in [0.2, 0.25) is 0 Å². The Bertz CT molecular complexity index is 2000. The summed E-state index contributed by atoms with van der Waals surface area (Å²) in [6.07, 6.45) is 14.2. The molecule has 3 aromatic rings. The lowest BCUT2D eigenvalue weighted by molar-refractivity contribution is -0.127. The molecule has 0 radical (unpaired) electrons. The Hall–Kier alpha value is -4.15. The predicted molar refractivity (Wildman–Crippen MR) is 201 cm³/mol. The van der Waals surface area contributed by atoms with Crippen LogP contribution in [0.1, 0.15) is 67.0 Å². The summed E-state index contributed by atoms with van der Waals surface area (Å²) in [5.74, 6) is 2.94. The van der Waals surface area contributed by atoms with E-state index in [0.29, 0.717) is 50.6 Å². The molecule has 0 bridgehead atoms. The Morgan fingerprint density at radius 3 is 2.81 bits per heavy atom. The van der Waals surface area contributed by atoms with Crippen molar-refractivity contribution in [1.82, 2.24) is 24.7 Å². The number of terminal acetylenes is 1. The molecule has 10 nitrogen and oxygen atoms in total. The molecule has 0 aliphatic carbocycles. The van der Waals surface area contributed by atoms with E-state index < -0.39 is 18.1 Å². The Morgan fingerprint density at radius 1 is 1.11 bits per heavy atom. The summed E-state index contributed by atoms with van der Waals surface area (Å²) in [7, 11) is 1.77. The van der Waals surface area contributed by atoms with Gasteiger partial charge in [0.2, 0.25) is 5.91 Å². The zero-order valence-electron chi connectivity index (χ0n) is 30.9. The van der Waals surface area contributed by atoms with Gasteiger partial charge < -0.3 is 24.0 Å². The number of alkyl halides is 1. The summed E-state index contributed by atoms with van der Waals surface area (Å²) in [6, 6.07) is 9.44. The van der Waals surface area contributed by atoms with Crippen molar-refractivity contribution in [2.75, 3.05) is 64.4 Å². The van der Waals surface area contributed by atoms with Crippen LogP contribution in [0.15, 0.2) is 42.5 Å². The Morgan fingerprint density at radius 2 is 1.98 bits per heavy atom. The lowest BCUT2D eigenvalue weighted by Gasteiger charge is -2.48. The first-order valence-electron chi connectivity index (χ1n) is 19.5. The number of carbonyl (C=O) groups excluding carboxylic acids is 1. The number of benzene rings is 2. The van der Waals surface area contributed by atoms with Crippen molar-refractivity contribution in [3.05, 3.63) is 70.7 Å². The first-order valence-corrected chi connectivity index (χ1v) is 19.5. The SMILES string of the molecule is C#Cc1c(F)ccc2cccc([C@@H]3Cc4nc(OC[C@@]56CCCN5C[C@H](F)C6)nc(N5C[C@@H]6[C@H]5CCN6C(=O)/C=C/CN5CCC(OC)CC5)c4CO3)c12. The monoisotopic (exact) mass is 738 g/mol. The van der Waals surface area contributed by atoms with Gasteiger partial charge in [-0.05, 0) is 55.7 Å². The van der Waals surface area contributed by atoms with E-state index in [4.69, 9.17) is 30.6 Å². The average Bonchev–Trinajstić information content (AvgIpc) is 3.82. The minimum absolute atomic E-state index is 0.0507. The molecule has 284 valence electrons. The van der Waals surface area contributed by atoms with E-state index in [1.165, 1.54) is 6.07 Å². The van der Waals surface area contributed by atoms with Gasteiger partial charge >= 0.3 is 6.01 Å². The van der Waals surface area contributed by atoms with E-state index in [1.54, 1.807) is 19.3 Å². The molecule has 0 saturated carbocycles. The van der Waals surface area contributed by atoms with Gasteiger partial charge in [0.15, 0.2) is 0 Å². The molecule has 0 unspecified atom stereocenters. The number of hydrogen-bond donors (Lipinski definition) is 0. The third kappa shape index (κ3) is 6.33. The molecule has 5 fully saturated rings. The highest BCUT2D eigenvalue weighted by Gasteiger charge is 2.51. The number of hydrogen-bond acceptors (Lipinski definition) is 9. The van der Waals surface area contributed by atoms with Crippen LogP contribution in [-0.2, 0) is 27.3 Å². The van der Waals surface area contributed by atoms with Crippen molar-refractivity contribution in [3.8, 4) is 18.4 Å². The molecule has 6 aliphatic rings. The van der Waals surface area contributed by atoms with E-state index in [0.717, 1.165) is 86.3 Å². The molecule has 6 aliphatic heterocycles. The average molecular weight is 739 g/mol. The van der Waals surface area contributed by atoms with Gasteiger partial charge in [0.25, 0.3) is 0 Å². The number of fused-ring (bicyclic) bond motifs is 4. The standard InChI is InChI=1S/C42H48F2N6O4/c1-3-30-33(44)11-10-27-7-4-8-31(39(27)30)37-21-34-32(25-53-37)40(46-41(45-34)54-26-42-15-6-17-48(42)23-28(43)22-42)50-24-36-35(50)14-20-49(36)38(51)9-5-16-47-18-12-29(52-2)13-19-47/h1,4-5,7-11,28-29,35-37H,6,12-26H2,2H3/b9-5+/t28-,35-,36-,37+,42+/m1/s1. The number of rotatable bonds is 9. The summed E-state index contributed by atoms with van der Waals surface area (Å²) in [6.45, 7) is 5.94. The number of methoxy groups -OCH3 is 1. The zero-order chi connectivity index (χ0) is 37.0. The first-order chi connectivity index (χ1) is 26.3. The highest BCUT2D eigenvalue weighted by Crippen LogP contribution is 2.44. The summed E-state index contributed by atoms with van der Waals surface area (Å²) < 4.78 is 48.1. The van der Waals surface area contributed by atoms with E-state index >= 15 is 0 Å². The van der Waals surface area contributed by atoms with Crippen LogP contribution in [0.25, 0.3) is 10.8 Å². The fourth-order valence-corrected chi connectivity index (χ4v) is 10.0. The van der Waals surface area contributed by atoms with Gasteiger partial charge in [-0.2, -0.15) is 9.97 Å². The minimum atomic E-state index is -0.862. The third-order valence-corrected chi connectivity index (χ3v) is 12.9. The maximum absolute atomic E-state index is 14.9. The third-order valence-electron chi connectivity index (χ3n) is 12.9. The van der Waals surface area contributed by atoms with E-state index in [9.17, 15) is 13.6 Å². The highest BCUT2D eigenvalue weighted by molar-refractivity contribution is 5.92. The maximum atomic E-state index is 14.9. The van der Waals surface area contributed by atoms with Crippen LogP contribution in [0.3, 0.4) is 0 Å². The van der Waals surface area contributed by atoms with Crippen LogP contribution in [0.5, 0.6) is 6.01 Å². The quantitative estimate of drug-likeness (QED) is 0.223. The smallest absolute Gasteiger partial charge is 0.318 e. The predicted octanol–water partition coefficient (Wildman–Crippen LogP) is 4.98. The van der Waals surface area contributed by atoms with Gasteiger partial charge in [-0.1, -0.05) is 36.3 Å². The lowest BCUT2D eigenvalue weighted by Crippen LogP contribution is -2.63. The van der Waals surface area contributed by atoms with Crippen LogP contribution in [0, 0.1) is 18.2 Å². The van der Waals surface area contributed by atoms with Gasteiger partial charge in [-0.3, -0.25) is 14.6 Å². The molecular weight excluding hydrogens is 690 g/mol. The number of amides is 1. The van der Waals surface area contributed by atoms with Gasteiger partial charge in [-0.25, -0.2) is 8.78 Å². The van der Waals surface area contributed by atoms with E-state index in [2.05, 4.69) is 20.6 Å². The lowest BCUT2D eigenvalue weighted by atomic mass is 9.91. The molecular formula is C42H48F2N6O4. The number of carbonyl (C=O) groups is 1. The van der Waals surface area contributed by atoms with E-state index in [-0.39, 0.29) is 41.7 Å². The summed E-state index contributed by atoms with van der Waals surface area (Å²) in [4.78, 5) is 32.3. The zero-order valence-corrected chi connectivity index (χ0v) is 30.9. The van der Waals surface area contributed by atoms with Crippen molar-refractivity contribution in [2.45, 2.75) is 87.6 Å². The van der Waals surface area contributed by atoms with E-state index in [1.807, 2.05) is 29.2 Å². The molecule has 5 atom stereocenters. The van der Waals surface area contributed by atoms with Crippen LogP contribution >= 0.6 is 0 Å². The number of nitrogens with zero attached hydrogens (tertiary/aromatic N) is 6. The molecule has 12 heteroatoms. The number of anilines is 1. The Labute approximate surface area is 315 Å². The molecule has 2 aromatic carbocycles. The van der Waals surface area contributed by atoms with Gasteiger partial charge in [0.1, 0.15) is 24.4 Å². The summed E-state index contributed by atoms with van der Waals surface area (Å²) >= 11 is 0. The fraction of sp³-hybridized carbons (Fsp3) is 0.548. The second kappa shape index (κ2) is 14.5. The second-order valence-corrected chi connectivity index (χ2v) is 15.9. The molecule has 9 rings (SSSR count). The number of piperidine rings is 1. The van der Waals surface area contributed by atoms with Crippen molar-refractivity contribution < 1.29 is 27.8 Å². The van der Waals surface area contributed by atoms with Crippen molar-refractivity contribution in [2.24, 2.45) is 0 Å². The Balaban J connectivity index is 0.961. The van der Waals surface area contributed by atoms with Crippen molar-refractivity contribution in [1.29, 1.82) is 0 Å². The highest BCUT2D eigenvalue weighted by atomic mass is 19.1. The van der Waals surface area contributed by atoms with Gasteiger partial charge in [0, 0.05) is 76.2 Å².